The van der Waals surface area contributed by atoms with Crippen LogP contribution in [-0.4, -0.2) is 32.1 Å². The van der Waals surface area contributed by atoms with Gasteiger partial charge in [0.25, 0.3) is 11.8 Å². The number of aromatic nitrogens is 3. The van der Waals surface area contributed by atoms with Gasteiger partial charge < -0.3 is 15.4 Å². The number of anilines is 1. The quantitative estimate of drug-likeness (QED) is 0.253. The SMILES string of the molecule is N#CC1(NC(=O)c2cc(Cl)cc(Br)c2NC(=O)c2cc(Oc3ccsc3)nn2-c2ncccc2Cl)CC1. The third-order valence-electron chi connectivity index (χ3n) is 5.43. The van der Waals surface area contributed by atoms with Crippen molar-refractivity contribution in [3.8, 4) is 23.5 Å². The van der Waals surface area contributed by atoms with Gasteiger partial charge >= 0.3 is 0 Å². The van der Waals surface area contributed by atoms with Crippen molar-refractivity contribution in [3.05, 3.63) is 79.1 Å². The minimum absolute atomic E-state index is 0.0507. The lowest BCUT2D eigenvalue weighted by molar-refractivity contribution is 0.0942. The van der Waals surface area contributed by atoms with Crippen molar-refractivity contribution < 1.29 is 14.3 Å². The number of carbonyl (C=O) groups excluding carboxylic acids is 2. The van der Waals surface area contributed by atoms with E-state index >= 15 is 0 Å². The number of thiophene rings is 1. The lowest BCUT2D eigenvalue weighted by Crippen LogP contribution is -2.36. The summed E-state index contributed by atoms with van der Waals surface area (Å²) in [6.45, 7) is 0. The number of nitrogens with zero attached hydrogens (tertiary/aromatic N) is 4. The molecule has 0 atom stereocenters. The van der Waals surface area contributed by atoms with E-state index in [1.165, 1.54) is 34.3 Å². The highest BCUT2D eigenvalue weighted by molar-refractivity contribution is 9.10. The Balaban J connectivity index is 1.52. The van der Waals surface area contributed by atoms with Crippen molar-refractivity contribution in [1.29, 1.82) is 5.26 Å². The first kappa shape index (κ1) is 25.2. The number of hydrogen-bond donors (Lipinski definition) is 2. The molecule has 0 spiro atoms. The number of rotatable bonds is 7. The van der Waals surface area contributed by atoms with Crippen LogP contribution in [0.1, 0.15) is 33.7 Å². The fraction of sp³-hybridized carbons (Fsp3) is 0.125. The van der Waals surface area contributed by atoms with E-state index in [1.807, 2.05) is 5.38 Å². The van der Waals surface area contributed by atoms with Crippen molar-refractivity contribution in [2.24, 2.45) is 0 Å². The molecular weight excluding hydrogens is 603 g/mol. The van der Waals surface area contributed by atoms with Gasteiger partial charge in [-0.2, -0.15) is 5.26 Å². The number of ether oxygens (including phenoxy) is 1. The molecule has 1 saturated carbocycles. The van der Waals surface area contributed by atoms with E-state index < -0.39 is 17.4 Å². The van der Waals surface area contributed by atoms with Gasteiger partial charge in [0, 0.05) is 27.1 Å². The van der Waals surface area contributed by atoms with Crippen LogP contribution in [0, 0.1) is 11.3 Å². The molecule has 3 heterocycles. The maximum atomic E-state index is 13.6. The Labute approximate surface area is 233 Å². The predicted molar refractivity (Wildman–Crippen MR) is 143 cm³/mol. The minimum Gasteiger partial charge on any atom is -0.437 e. The molecule has 186 valence electrons. The van der Waals surface area contributed by atoms with E-state index in [9.17, 15) is 14.9 Å². The van der Waals surface area contributed by atoms with E-state index in [2.05, 4.69) is 42.7 Å². The maximum absolute atomic E-state index is 13.6. The molecule has 0 unspecified atom stereocenters. The van der Waals surface area contributed by atoms with Gasteiger partial charge in [-0.05, 0) is 64.5 Å². The second kappa shape index (κ2) is 10.1. The van der Waals surface area contributed by atoms with Crippen LogP contribution < -0.4 is 15.4 Å². The Morgan fingerprint density at radius 2 is 2.03 bits per heavy atom. The monoisotopic (exact) mass is 616 g/mol. The van der Waals surface area contributed by atoms with Crippen molar-refractivity contribution in [2.75, 3.05) is 5.32 Å². The van der Waals surface area contributed by atoms with Gasteiger partial charge in [-0.25, -0.2) is 9.67 Å². The number of halogens is 3. The Kier molecular flexibility index (Phi) is 6.92. The summed E-state index contributed by atoms with van der Waals surface area (Å²) >= 11 is 17.4. The smallest absolute Gasteiger partial charge is 0.274 e. The van der Waals surface area contributed by atoms with E-state index in [1.54, 1.807) is 29.6 Å². The molecule has 0 aliphatic heterocycles. The van der Waals surface area contributed by atoms with Crippen LogP contribution in [0.15, 0.2) is 57.8 Å². The second-order valence-corrected chi connectivity index (χ2v) is 10.5. The van der Waals surface area contributed by atoms with Crippen LogP contribution in [-0.2, 0) is 0 Å². The number of benzene rings is 1. The maximum Gasteiger partial charge on any atom is 0.274 e. The first-order valence-corrected chi connectivity index (χ1v) is 13.2. The first-order chi connectivity index (χ1) is 17.8. The largest absolute Gasteiger partial charge is 0.437 e. The Morgan fingerprint density at radius 1 is 1.22 bits per heavy atom. The van der Waals surface area contributed by atoms with Crippen LogP contribution in [0.2, 0.25) is 10.0 Å². The van der Waals surface area contributed by atoms with Crippen molar-refractivity contribution in [3.63, 3.8) is 0 Å². The summed E-state index contributed by atoms with van der Waals surface area (Å²) in [5, 5.41) is 23.4. The third kappa shape index (κ3) is 5.33. The lowest BCUT2D eigenvalue weighted by Gasteiger charge is -2.16. The molecule has 1 aliphatic carbocycles. The van der Waals surface area contributed by atoms with E-state index in [4.69, 9.17) is 27.9 Å². The number of hydrogen-bond acceptors (Lipinski definition) is 7. The molecule has 37 heavy (non-hydrogen) atoms. The highest BCUT2D eigenvalue weighted by Gasteiger charge is 2.45. The Bertz CT molecular complexity index is 1560. The van der Waals surface area contributed by atoms with E-state index in [-0.39, 0.29) is 38.7 Å². The lowest BCUT2D eigenvalue weighted by atomic mass is 10.1. The molecule has 3 aromatic heterocycles. The summed E-state index contributed by atoms with van der Waals surface area (Å²) in [7, 11) is 0. The Morgan fingerprint density at radius 3 is 2.70 bits per heavy atom. The predicted octanol–water partition coefficient (Wildman–Crippen LogP) is 6.23. The molecule has 2 N–H and O–H groups in total. The van der Waals surface area contributed by atoms with Crippen molar-refractivity contribution >= 4 is 68.0 Å². The normalized spacial score (nSPS) is 13.5. The third-order valence-corrected chi connectivity index (χ3v) is 7.23. The van der Waals surface area contributed by atoms with Gasteiger partial charge in [0.2, 0.25) is 5.88 Å². The molecule has 9 nitrogen and oxygen atoms in total. The zero-order chi connectivity index (χ0) is 26.2. The van der Waals surface area contributed by atoms with E-state index in [0.29, 0.717) is 23.1 Å². The standard InChI is InChI=1S/C24H15BrCl2N6O3S/c25-16-9-13(26)8-15(22(34)31-24(12-28)4-5-24)20(16)30-23(35)18-10-19(36-14-3-7-37-11-14)32-33(18)21-17(27)2-1-6-29-21/h1-3,6-11H,4-5H2,(H,30,35)(H,31,34). The Hall–Kier alpha value is -3.43. The van der Waals surface area contributed by atoms with Gasteiger partial charge in [0.15, 0.2) is 5.82 Å². The molecule has 0 radical (unpaired) electrons. The van der Waals surface area contributed by atoms with Crippen LogP contribution in [0.5, 0.6) is 11.6 Å². The minimum atomic E-state index is -0.907. The fourth-order valence-corrected chi connectivity index (χ4v) is 5.09. The fourth-order valence-electron chi connectivity index (χ4n) is 3.43. The van der Waals surface area contributed by atoms with Gasteiger partial charge in [-0.3, -0.25) is 9.59 Å². The molecule has 0 saturated heterocycles. The molecule has 2 amide bonds. The molecular formula is C24H15BrCl2N6O3S. The number of carbonyl (C=O) groups is 2. The average Bonchev–Trinajstić information content (AvgIpc) is 3.24. The summed E-state index contributed by atoms with van der Waals surface area (Å²) in [6.07, 6.45) is 2.62. The number of pyridine rings is 1. The molecule has 0 bridgehead atoms. The number of amides is 2. The van der Waals surface area contributed by atoms with Crippen molar-refractivity contribution in [1.82, 2.24) is 20.1 Å². The number of nitriles is 1. The topological polar surface area (TPSA) is 122 Å². The molecule has 13 heteroatoms. The summed E-state index contributed by atoms with van der Waals surface area (Å²) in [5.74, 6) is -0.247. The second-order valence-electron chi connectivity index (χ2n) is 8.06. The van der Waals surface area contributed by atoms with E-state index in [0.717, 1.165) is 0 Å². The molecule has 1 aliphatic rings. The van der Waals surface area contributed by atoms with Crippen LogP contribution >= 0.6 is 50.5 Å². The zero-order valence-corrected chi connectivity index (χ0v) is 22.6. The number of nitrogens with one attached hydrogen (secondary N) is 2. The van der Waals surface area contributed by atoms with Crippen LogP contribution in [0.3, 0.4) is 0 Å². The summed E-state index contributed by atoms with van der Waals surface area (Å²) < 4.78 is 7.42. The molecule has 4 aromatic rings. The van der Waals surface area contributed by atoms with Crippen LogP contribution in [0.4, 0.5) is 5.69 Å². The van der Waals surface area contributed by atoms with Crippen molar-refractivity contribution in [2.45, 2.75) is 18.4 Å². The molecule has 1 aromatic carbocycles. The molecule has 1 fully saturated rings. The first-order valence-electron chi connectivity index (χ1n) is 10.7. The highest BCUT2D eigenvalue weighted by Crippen LogP contribution is 2.37. The summed E-state index contributed by atoms with van der Waals surface area (Å²) in [6, 6.07) is 11.6. The zero-order valence-electron chi connectivity index (χ0n) is 18.7. The van der Waals surface area contributed by atoms with Gasteiger partial charge in [0.05, 0.1) is 22.3 Å². The van der Waals surface area contributed by atoms with Crippen LogP contribution in [0.25, 0.3) is 5.82 Å². The van der Waals surface area contributed by atoms with Gasteiger partial charge in [-0.15, -0.1) is 16.4 Å². The summed E-state index contributed by atoms with van der Waals surface area (Å²) in [4.78, 5) is 30.9. The van der Waals surface area contributed by atoms with Gasteiger partial charge in [0.1, 0.15) is 17.0 Å². The molecule has 5 rings (SSSR count). The summed E-state index contributed by atoms with van der Waals surface area (Å²) in [5.41, 5.74) is -0.600. The highest BCUT2D eigenvalue weighted by atomic mass is 79.9. The van der Waals surface area contributed by atoms with Gasteiger partial charge in [-0.1, -0.05) is 23.2 Å². The average molecular weight is 618 g/mol.